The number of hydrogen-bond donors (Lipinski definition) is 2. The SMILES string of the molecule is C=C1C(=O)O[C@@H]2[C@@H]1C[C@H]1O[C@]1(CO)CC/C=C(\C)CC/C=C(\C)[C@H]2O. The summed E-state index contributed by atoms with van der Waals surface area (Å²) in [4.78, 5) is 12.0. The third-order valence-electron chi connectivity index (χ3n) is 5.83. The molecule has 2 heterocycles. The number of rotatable bonds is 1. The molecule has 5 heteroatoms. The quantitative estimate of drug-likeness (QED) is 0.329. The second kappa shape index (κ2) is 7.06. The second-order valence-electron chi connectivity index (χ2n) is 7.59. The van der Waals surface area contributed by atoms with Gasteiger partial charge in [-0.1, -0.05) is 24.3 Å². The molecule has 0 bridgehead atoms. The molecule has 0 unspecified atom stereocenters. The Hall–Kier alpha value is -1.43. The molecular weight excluding hydrogens is 320 g/mol. The van der Waals surface area contributed by atoms with Gasteiger partial charge < -0.3 is 19.7 Å². The van der Waals surface area contributed by atoms with E-state index in [1.165, 1.54) is 5.57 Å². The third kappa shape index (κ3) is 3.59. The lowest BCUT2D eigenvalue weighted by atomic mass is 9.84. The Kier molecular flexibility index (Phi) is 5.19. The first-order valence-corrected chi connectivity index (χ1v) is 9.07. The van der Waals surface area contributed by atoms with Gasteiger partial charge in [-0.15, -0.1) is 0 Å². The van der Waals surface area contributed by atoms with Crippen LogP contribution in [-0.4, -0.2) is 46.7 Å². The minimum absolute atomic E-state index is 0.0370. The number of carbonyl (C=O) groups excluding carboxylic acids is 1. The van der Waals surface area contributed by atoms with Crippen LogP contribution in [0.1, 0.15) is 46.0 Å². The summed E-state index contributed by atoms with van der Waals surface area (Å²) in [6.07, 6.45) is 6.51. The molecule has 2 saturated heterocycles. The number of esters is 1. The maximum absolute atomic E-state index is 12.0. The summed E-state index contributed by atoms with van der Waals surface area (Å²) >= 11 is 0. The minimum atomic E-state index is -0.845. The van der Waals surface area contributed by atoms with Gasteiger partial charge in [0.25, 0.3) is 0 Å². The Morgan fingerprint density at radius 2 is 2.08 bits per heavy atom. The van der Waals surface area contributed by atoms with Crippen molar-refractivity contribution in [3.8, 4) is 0 Å². The van der Waals surface area contributed by atoms with Crippen molar-refractivity contribution < 1.29 is 24.5 Å². The normalized spacial score (nSPS) is 43.7. The molecular formula is C20H28O5. The fraction of sp³-hybridized carbons (Fsp3) is 0.650. The van der Waals surface area contributed by atoms with Crippen LogP contribution in [0.3, 0.4) is 0 Å². The molecule has 2 aliphatic heterocycles. The second-order valence-corrected chi connectivity index (χ2v) is 7.59. The molecule has 2 fully saturated rings. The predicted octanol–water partition coefficient (Wildman–Crippen LogP) is 2.43. The minimum Gasteiger partial charge on any atom is -0.455 e. The first kappa shape index (κ1) is 18.4. The lowest BCUT2D eigenvalue weighted by Gasteiger charge is -2.24. The van der Waals surface area contributed by atoms with Crippen molar-refractivity contribution in [3.05, 3.63) is 35.5 Å². The first-order chi connectivity index (χ1) is 11.9. The highest BCUT2D eigenvalue weighted by Gasteiger charge is 2.58. The number of fused-ring (bicyclic) bond motifs is 2. The van der Waals surface area contributed by atoms with Crippen LogP contribution in [0.5, 0.6) is 0 Å². The van der Waals surface area contributed by atoms with E-state index in [1.807, 2.05) is 13.0 Å². The maximum Gasteiger partial charge on any atom is 0.334 e. The van der Waals surface area contributed by atoms with Crippen LogP contribution < -0.4 is 0 Å². The van der Waals surface area contributed by atoms with E-state index in [-0.39, 0.29) is 18.6 Å². The van der Waals surface area contributed by atoms with Gasteiger partial charge in [0.15, 0.2) is 0 Å². The molecule has 5 atom stereocenters. The summed E-state index contributed by atoms with van der Waals surface area (Å²) in [6.45, 7) is 7.79. The Balaban J connectivity index is 1.86. The lowest BCUT2D eigenvalue weighted by Crippen LogP contribution is -2.34. The van der Waals surface area contributed by atoms with Crippen molar-refractivity contribution in [2.75, 3.05) is 6.61 Å². The summed E-state index contributed by atoms with van der Waals surface area (Å²) in [5.74, 6) is -0.733. The molecule has 0 spiro atoms. The summed E-state index contributed by atoms with van der Waals surface area (Å²) in [6, 6.07) is 0. The van der Waals surface area contributed by atoms with Gasteiger partial charge in [-0.05, 0) is 51.5 Å². The highest BCUT2D eigenvalue weighted by Crippen LogP contribution is 2.47. The van der Waals surface area contributed by atoms with Gasteiger partial charge >= 0.3 is 5.97 Å². The summed E-state index contributed by atoms with van der Waals surface area (Å²) in [7, 11) is 0. The number of aliphatic hydroxyl groups is 2. The van der Waals surface area contributed by atoms with Gasteiger partial charge in [-0.3, -0.25) is 0 Å². The fourth-order valence-corrected chi connectivity index (χ4v) is 3.95. The molecule has 0 aromatic heterocycles. The number of ether oxygens (including phenoxy) is 2. The van der Waals surface area contributed by atoms with Crippen LogP contribution in [0.25, 0.3) is 0 Å². The van der Waals surface area contributed by atoms with Crippen molar-refractivity contribution >= 4 is 5.97 Å². The first-order valence-electron chi connectivity index (χ1n) is 9.07. The molecule has 0 aromatic rings. The van der Waals surface area contributed by atoms with Crippen LogP contribution in [-0.2, 0) is 14.3 Å². The lowest BCUT2D eigenvalue weighted by molar-refractivity contribution is -0.142. The van der Waals surface area contributed by atoms with Gasteiger partial charge in [0, 0.05) is 11.5 Å². The van der Waals surface area contributed by atoms with Crippen molar-refractivity contribution in [1.29, 1.82) is 0 Å². The topological polar surface area (TPSA) is 79.3 Å². The van der Waals surface area contributed by atoms with E-state index in [4.69, 9.17) is 9.47 Å². The van der Waals surface area contributed by atoms with Crippen molar-refractivity contribution in [1.82, 2.24) is 0 Å². The number of carbonyl (C=O) groups is 1. The summed E-state index contributed by atoms with van der Waals surface area (Å²) < 4.78 is 11.3. The van der Waals surface area contributed by atoms with E-state index in [0.29, 0.717) is 12.0 Å². The van der Waals surface area contributed by atoms with Crippen molar-refractivity contribution in [3.63, 3.8) is 0 Å². The smallest absolute Gasteiger partial charge is 0.334 e. The van der Waals surface area contributed by atoms with Crippen LogP contribution in [0.4, 0.5) is 0 Å². The molecule has 0 saturated carbocycles. The molecule has 0 amide bonds. The van der Waals surface area contributed by atoms with Crippen molar-refractivity contribution in [2.24, 2.45) is 5.92 Å². The molecule has 25 heavy (non-hydrogen) atoms. The number of hydrogen-bond acceptors (Lipinski definition) is 5. The zero-order valence-corrected chi connectivity index (χ0v) is 15.0. The molecule has 3 rings (SSSR count). The van der Waals surface area contributed by atoms with E-state index in [1.54, 1.807) is 0 Å². The zero-order valence-electron chi connectivity index (χ0n) is 15.0. The van der Waals surface area contributed by atoms with Gasteiger partial charge in [0.1, 0.15) is 17.8 Å². The van der Waals surface area contributed by atoms with E-state index in [9.17, 15) is 15.0 Å². The highest BCUT2D eigenvalue weighted by atomic mass is 16.6. The average Bonchev–Trinajstić information content (AvgIpc) is 3.20. The number of aliphatic hydroxyl groups excluding tert-OH is 2. The molecule has 138 valence electrons. The molecule has 3 aliphatic rings. The largest absolute Gasteiger partial charge is 0.455 e. The van der Waals surface area contributed by atoms with E-state index in [0.717, 1.165) is 31.3 Å². The van der Waals surface area contributed by atoms with Crippen LogP contribution in [0.2, 0.25) is 0 Å². The molecule has 1 aliphatic carbocycles. The van der Waals surface area contributed by atoms with Crippen LogP contribution >= 0.6 is 0 Å². The maximum atomic E-state index is 12.0. The Morgan fingerprint density at radius 3 is 2.80 bits per heavy atom. The number of allylic oxidation sites excluding steroid dienone is 3. The standard InChI is InChI=1S/C20H28O5/c1-12-6-4-8-13(2)17(22)18-15(14(3)19(23)24-18)10-16-20(11-21,25-16)9-5-7-12/h7-8,15-18,21-22H,3-6,9-11H2,1-2H3/b12-7+,13-8+/t15-,16-,17-,18-,20+/m1/s1. The summed E-state index contributed by atoms with van der Waals surface area (Å²) in [5, 5.41) is 20.5. The third-order valence-corrected chi connectivity index (χ3v) is 5.83. The van der Waals surface area contributed by atoms with Crippen LogP contribution in [0.15, 0.2) is 35.5 Å². The highest BCUT2D eigenvalue weighted by molar-refractivity contribution is 5.91. The van der Waals surface area contributed by atoms with Gasteiger partial charge in [-0.2, -0.15) is 0 Å². The Morgan fingerprint density at radius 1 is 1.32 bits per heavy atom. The summed E-state index contributed by atoms with van der Waals surface area (Å²) in [5.41, 5.74) is 1.96. The van der Waals surface area contributed by atoms with E-state index >= 15 is 0 Å². The molecule has 0 radical (unpaired) electrons. The van der Waals surface area contributed by atoms with Gasteiger partial charge in [0.2, 0.25) is 0 Å². The molecule has 0 aromatic carbocycles. The monoisotopic (exact) mass is 348 g/mol. The van der Waals surface area contributed by atoms with Gasteiger partial charge in [0.05, 0.1) is 12.7 Å². The van der Waals surface area contributed by atoms with E-state index in [2.05, 4.69) is 19.6 Å². The average molecular weight is 348 g/mol. The van der Waals surface area contributed by atoms with Gasteiger partial charge in [-0.25, -0.2) is 4.79 Å². The number of epoxide rings is 1. The fourth-order valence-electron chi connectivity index (χ4n) is 3.95. The predicted molar refractivity (Wildman–Crippen MR) is 93.8 cm³/mol. The molecule has 2 N–H and O–H groups in total. The zero-order chi connectivity index (χ0) is 18.2. The molecule has 5 nitrogen and oxygen atoms in total. The van der Waals surface area contributed by atoms with Crippen molar-refractivity contribution in [2.45, 2.75) is 69.9 Å². The Bertz CT molecular complexity index is 620. The van der Waals surface area contributed by atoms with Crippen LogP contribution in [0, 0.1) is 5.92 Å². The Labute approximate surface area is 149 Å². The van der Waals surface area contributed by atoms with E-state index < -0.39 is 23.8 Å².